The highest BCUT2D eigenvalue weighted by atomic mass is 15.5. The van der Waals surface area contributed by atoms with Crippen LogP contribution in [-0.4, -0.2) is 23.6 Å². The van der Waals surface area contributed by atoms with Gasteiger partial charge in [-0.25, -0.2) is 5.84 Å². The first-order chi connectivity index (χ1) is 7.99. The Labute approximate surface area is 103 Å². The van der Waals surface area contributed by atoms with Crippen LogP contribution in [0.5, 0.6) is 0 Å². The summed E-state index contributed by atoms with van der Waals surface area (Å²) < 4.78 is 0. The van der Waals surface area contributed by atoms with E-state index in [0.29, 0.717) is 30.1 Å². The maximum atomic E-state index is 5.82. The molecule has 0 bridgehead atoms. The van der Waals surface area contributed by atoms with Gasteiger partial charge in [-0.1, -0.05) is 20.4 Å². The maximum absolute atomic E-state index is 5.82. The van der Waals surface area contributed by atoms with Crippen molar-refractivity contribution in [3.63, 3.8) is 0 Å². The van der Waals surface area contributed by atoms with Crippen LogP contribution in [0, 0.1) is 0 Å². The summed E-state index contributed by atoms with van der Waals surface area (Å²) in [5.41, 5.74) is 18.1. The molecule has 0 aliphatic heterocycles. The minimum absolute atomic E-state index is 0.323. The van der Waals surface area contributed by atoms with Gasteiger partial charge in [0.1, 0.15) is 5.84 Å². The van der Waals surface area contributed by atoms with E-state index in [9.17, 15) is 0 Å². The van der Waals surface area contributed by atoms with Gasteiger partial charge < -0.3 is 17.2 Å². The van der Waals surface area contributed by atoms with Crippen molar-refractivity contribution in [1.29, 1.82) is 0 Å². The van der Waals surface area contributed by atoms with Crippen molar-refractivity contribution < 1.29 is 0 Å². The minimum Gasteiger partial charge on any atom is -0.404 e. The summed E-state index contributed by atoms with van der Waals surface area (Å²) in [5, 5.41) is 1.35. The van der Waals surface area contributed by atoms with Gasteiger partial charge in [0.25, 0.3) is 0 Å². The number of hydrogen-bond donors (Lipinski definition) is 4. The van der Waals surface area contributed by atoms with Gasteiger partial charge >= 0.3 is 0 Å². The summed E-state index contributed by atoms with van der Waals surface area (Å²) in [6, 6.07) is 0. The van der Waals surface area contributed by atoms with Gasteiger partial charge in [0.05, 0.1) is 17.4 Å². The van der Waals surface area contributed by atoms with E-state index in [1.807, 2.05) is 13.8 Å². The van der Waals surface area contributed by atoms with Gasteiger partial charge in [-0.2, -0.15) is 0 Å². The highest BCUT2D eigenvalue weighted by molar-refractivity contribution is 6.00. The number of hydrazine groups is 1. The molecular weight excluding hydrogens is 216 g/mol. The van der Waals surface area contributed by atoms with Gasteiger partial charge in [0.2, 0.25) is 0 Å². The molecule has 0 saturated heterocycles. The molecule has 6 nitrogen and oxygen atoms in total. The number of nitrogens with zero attached hydrogens (tertiary/aromatic N) is 2. The van der Waals surface area contributed by atoms with Gasteiger partial charge in [0.15, 0.2) is 0 Å². The average molecular weight is 240 g/mol. The van der Waals surface area contributed by atoms with Crippen LogP contribution < -0.4 is 23.0 Å². The lowest BCUT2D eigenvalue weighted by molar-refractivity contribution is 0.265. The number of nitrogens with two attached hydrogens (primary N) is 4. The monoisotopic (exact) mass is 240 g/mol. The quantitative estimate of drug-likeness (QED) is 0.124. The van der Waals surface area contributed by atoms with Crippen LogP contribution in [0.2, 0.25) is 0 Å². The molecule has 0 fully saturated rings. The zero-order valence-corrected chi connectivity index (χ0v) is 10.7. The van der Waals surface area contributed by atoms with Crippen LogP contribution in [0.3, 0.4) is 0 Å². The first-order valence-electron chi connectivity index (χ1n) is 5.70. The minimum atomic E-state index is -0.323. The predicted molar refractivity (Wildman–Crippen MR) is 72.5 cm³/mol. The fourth-order valence-electron chi connectivity index (χ4n) is 1.18. The number of hydrogen-bond acceptors (Lipinski definition) is 5. The fraction of sp³-hybridized carbons (Fsp3) is 0.545. The van der Waals surface area contributed by atoms with E-state index in [-0.39, 0.29) is 6.17 Å². The lowest BCUT2D eigenvalue weighted by Crippen LogP contribution is -2.46. The molecule has 0 aromatic heterocycles. The SMILES string of the molecule is C=C(C(=CN)C(N)=NCCC)N(N)C(N)CC. The Bertz CT molecular complexity index is 307. The van der Waals surface area contributed by atoms with Crippen molar-refractivity contribution >= 4 is 5.84 Å². The first kappa shape index (κ1) is 15.5. The number of amidine groups is 1. The fourth-order valence-corrected chi connectivity index (χ4v) is 1.18. The van der Waals surface area contributed by atoms with E-state index < -0.39 is 0 Å². The molecule has 1 unspecified atom stereocenters. The lowest BCUT2D eigenvalue weighted by Gasteiger charge is -2.27. The standard InChI is InChI=1S/C11H24N6/c1-4-6-16-11(14)9(7-12)8(3)17(15)10(13)5-2/h7,10H,3-6,12-13,15H2,1-2H3,(H2,14,16). The molecule has 98 valence electrons. The molecule has 0 amide bonds. The van der Waals surface area contributed by atoms with E-state index >= 15 is 0 Å². The van der Waals surface area contributed by atoms with Crippen LogP contribution in [0.25, 0.3) is 0 Å². The molecule has 0 aliphatic rings. The van der Waals surface area contributed by atoms with Crippen LogP contribution in [0.4, 0.5) is 0 Å². The zero-order valence-electron chi connectivity index (χ0n) is 10.7. The molecule has 0 radical (unpaired) electrons. The second kappa shape index (κ2) is 7.70. The highest BCUT2D eigenvalue weighted by Crippen LogP contribution is 2.12. The lowest BCUT2D eigenvalue weighted by atomic mass is 10.2. The summed E-state index contributed by atoms with van der Waals surface area (Å²) in [5.74, 6) is 6.15. The van der Waals surface area contributed by atoms with Crippen LogP contribution in [-0.2, 0) is 0 Å². The van der Waals surface area contributed by atoms with Crippen molar-refractivity contribution in [1.82, 2.24) is 5.01 Å². The Morgan fingerprint density at radius 3 is 2.47 bits per heavy atom. The normalized spacial score (nSPS) is 14.6. The van der Waals surface area contributed by atoms with Gasteiger partial charge in [-0.05, 0) is 12.8 Å². The van der Waals surface area contributed by atoms with Crippen molar-refractivity contribution in [2.45, 2.75) is 32.9 Å². The van der Waals surface area contributed by atoms with Gasteiger partial charge in [-0.3, -0.25) is 10.0 Å². The second-order valence-corrected chi connectivity index (χ2v) is 3.68. The molecule has 0 aromatic carbocycles. The number of rotatable bonds is 7. The third-order valence-electron chi connectivity index (χ3n) is 2.35. The Hall–Kier alpha value is -1.53. The van der Waals surface area contributed by atoms with Gasteiger partial charge in [0, 0.05) is 12.7 Å². The molecule has 0 rings (SSSR count). The third kappa shape index (κ3) is 4.46. The van der Waals surface area contributed by atoms with Gasteiger partial charge in [-0.15, -0.1) is 0 Å². The average Bonchev–Trinajstić information content (AvgIpc) is 2.34. The van der Waals surface area contributed by atoms with Crippen molar-refractivity contribution in [2.24, 2.45) is 28.0 Å². The molecule has 0 aromatic rings. The molecular formula is C11H24N6. The molecule has 1 atom stereocenters. The Morgan fingerprint density at radius 1 is 1.47 bits per heavy atom. The first-order valence-corrected chi connectivity index (χ1v) is 5.70. The van der Waals surface area contributed by atoms with E-state index in [0.717, 1.165) is 6.42 Å². The van der Waals surface area contributed by atoms with Crippen molar-refractivity contribution in [3.8, 4) is 0 Å². The van der Waals surface area contributed by atoms with Crippen LogP contribution >= 0.6 is 0 Å². The van der Waals surface area contributed by atoms with E-state index in [4.69, 9.17) is 23.0 Å². The summed E-state index contributed by atoms with van der Waals surface area (Å²) >= 11 is 0. The van der Waals surface area contributed by atoms with E-state index in [1.165, 1.54) is 11.2 Å². The van der Waals surface area contributed by atoms with Crippen molar-refractivity contribution in [3.05, 3.63) is 24.0 Å². The summed E-state index contributed by atoms with van der Waals surface area (Å²) in [7, 11) is 0. The molecule has 0 aliphatic carbocycles. The molecule has 0 spiro atoms. The second-order valence-electron chi connectivity index (χ2n) is 3.68. The van der Waals surface area contributed by atoms with E-state index in [1.54, 1.807) is 0 Å². The van der Waals surface area contributed by atoms with Crippen LogP contribution in [0.1, 0.15) is 26.7 Å². The molecule has 0 heterocycles. The summed E-state index contributed by atoms with van der Waals surface area (Å²) in [6.45, 7) is 8.42. The summed E-state index contributed by atoms with van der Waals surface area (Å²) in [4.78, 5) is 4.16. The van der Waals surface area contributed by atoms with Crippen LogP contribution in [0.15, 0.2) is 29.0 Å². The molecule has 0 saturated carbocycles. The van der Waals surface area contributed by atoms with E-state index in [2.05, 4.69) is 11.6 Å². The predicted octanol–water partition coefficient (Wildman–Crippen LogP) is -0.0196. The van der Waals surface area contributed by atoms with Crippen molar-refractivity contribution in [2.75, 3.05) is 6.54 Å². The number of aliphatic imine (C=N–C) groups is 1. The molecule has 17 heavy (non-hydrogen) atoms. The molecule has 8 N–H and O–H groups in total. The Kier molecular flexibility index (Phi) is 7.00. The highest BCUT2D eigenvalue weighted by Gasteiger charge is 2.16. The topological polar surface area (TPSA) is 120 Å². The Morgan fingerprint density at radius 2 is 2.06 bits per heavy atom. The Balaban J connectivity index is 4.85. The smallest absolute Gasteiger partial charge is 0.129 e. The molecule has 6 heteroatoms. The maximum Gasteiger partial charge on any atom is 0.129 e. The third-order valence-corrected chi connectivity index (χ3v) is 2.35. The summed E-state index contributed by atoms with van der Waals surface area (Å²) in [6.07, 6.45) is 2.63. The zero-order chi connectivity index (χ0) is 13.4. The largest absolute Gasteiger partial charge is 0.404 e.